The smallest absolute Gasteiger partial charge is 0.255 e. The van der Waals surface area contributed by atoms with Crippen LogP contribution in [0, 0.1) is 0 Å². The van der Waals surface area contributed by atoms with Gasteiger partial charge in [-0.25, -0.2) is 0 Å². The van der Waals surface area contributed by atoms with Gasteiger partial charge in [-0.15, -0.1) is 0 Å². The van der Waals surface area contributed by atoms with Crippen LogP contribution in [0.1, 0.15) is 15.9 Å². The van der Waals surface area contributed by atoms with Gasteiger partial charge in [-0.05, 0) is 29.8 Å². The van der Waals surface area contributed by atoms with Gasteiger partial charge in [0.2, 0.25) is 0 Å². The van der Waals surface area contributed by atoms with Crippen LogP contribution in [0.15, 0.2) is 36.7 Å². The molecule has 0 saturated heterocycles. The van der Waals surface area contributed by atoms with Crippen LogP contribution < -0.4 is 0 Å². The number of nitrogens with zero attached hydrogens (tertiary/aromatic N) is 2. The normalized spacial score (nSPS) is 10.4. The highest BCUT2D eigenvalue weighted by Crippen LogP contribution is 2.21. The van der Waals surface area contributed by atoms with Crippen LogP contribution in [0.25, 0.3) is 0 Å². The van der Waals surface area contributed by atoms with Gasteiger partial charge in [0.1, 0.15) is 0 Å². The van der Waals surface area contributed by atoms with Gasteiger partial charge in [0.15, 0.2) is 0 Å². The molecule has 1 amide bonds. The van der Waals surface area contributed by atoms with Crippen LogP contribution in [-0.4, -0.2) is 22.8 Å². The Morgan fingerprint density at radius 1 is 1.20 bits per heavy atom. The van der Waals surface area contributed by atoms with Gasteiger partial charge in [-0.2, -0.15) is 0 Å². The molecule has 0 fully saturated rings. The maximum Gasteiger partial charge on any atom is 0.255 e. The number of benzene rings is 1. The Morgan fingerprint density at radius 2 is 1.85 bits per heavy atom. The number of hydrogen-bond donors (Lipinski definition) is 0. The lowest BCUT2D eigenvalue weighted by atomic mass is 10.2. The lowest BCUT2D eigenvalue weighted by molar-refractivity contribution is 0.0785. The first-order valence-corrected chi connectivity index (χ1v) is 6.90. The number of halogens is 3. The predicted molar refractivity (Wildman–Crippen MR) is 81.5 cm³/mol. The molecule has 0 aliphatic rings. The molecular weight excluding hydrogens is 319 g/mol. The van der Waals surface area contributed by atoms with E-state index in [4.69, 9.17) is 34.8 Å². The highest BCUT2D eigenvalue weighted by molar-refractivity contribution is 6.34. The van der Waals surface area contributed by atoms with E-state index in [0.717, 1.165) is 5.56 Å². The van der Waals surface area contributed by atoms with Gasteiger partial charge in [-0.1, -0.05) is 34.8 Å². The van der Waals surface area contributed by atoms with E-state index >= 15 is 0 Å². The Kier molecular flexibility index (Phi) is 4.86. The van der Waals surface area contributed by atoms with E-state index in [1.165, 1.54) is 12.4 Å². The van der Waals surface area contributed by atoms with Crippen LogP contribution in [0.5, 0.6) is 0 Å². The number of rotatable bonds is 3. The molecule has 2 rings (SSSR count). The molecule has 20 heavy (non-hydrogen) atoms. The number of carbonyl (C=O) groups is 1. The van der Waals surface area contributed by atoms with Crippen molar-refractivity contribution in [2.45, 2.75) is 6.54 Å². The van der Waals surface area contributed by atoms with E-state index in [0.29, 0.717) is 27.2 Å². The van der Waals surface area contributed by atoms with Crippen molar-refractivity contribution in [1.29, 1.82) is 0 Å². The fourth-order valence-electron chi connectivity index (χ4n) is 1.80. The van der Waals surface area contributed by atoms with Crippen LogP contribution in [-0.2, 0) is 6.54 Å². The summed E-state index contributed by atoms with van der Waals surface area (Å²) in [5.74, 6) is -0.187. The number of hydrogen-bond acceptors (Lipinski definition) is 2. The average Bonchev–Trinajstić information content (AvgIpc) is 2.37. The van der Waals surface area contributed by atoms with Gasteiger partial charge in [0.25, 0.3) is 5.91 Å². The number of pyridine rings is 1. The van der Waals surface area contributed by atoms with Gasteiger partial charge in [0.05, 0.1) is 10.6 Å². The molecule has 0 aliphatic carbocycles. The third kappa shape index (κ3) is 3.63. The molecule has 0 N–H and O–H groups in total. The molecule has 0 spiro atoms. The zero-order valence-corrected chi connectivity index (χ0v) is 12.9. The standard InChI is InChI=1S/C14H11Cl3N2O/c1-19(8-9-4-10(15)6-11(16)5-9)14(20)12-2-3-18-7-13(12)17/h2-7H,8H2,1H3. The molecule has 0 bridgehead atoms. The Labute approximate surface area is 132 Å². The zero-order chi connectivity index (χ0) is 14.7. The highest BCUT2D eigenvalue weighted by atomic mass is 35.5. The Bertz CT molecular complexity index is 626. The zero-order valence-electron chi connectivity index (χ0n) is 10.6. The van der Waals surface area contributed by atoms with Crippen LogP contribution in [0.3, 0.4) is 0 Å². The third-order valence-electron chi connectivity index (χ3n) is 2.69. The van der Waals surface area contributed by atoms with E-state index in [-0.39, 0.29) is 5.91 Å². The summed E-state index contributed by atoms with van der Waals surface area (Å²) in [7, 11) is 1.69. The molecular formula is C14H11Cl3N2O. The maximum absolute atomic E-state index is 12.3. The second-order valence-corrected chi connectivity index (χ2v) is 5.57. The van der Waals surface area contributed by atoms with E-state index in [1.807, 2.05) is 0 Å². The summed E-state index contributed by atoms with van der Waals surface area (Å²) in [4.78, 5) is 17.7. The van der Waals surface area contributed by atoms with E-state index in [9.17, 15) is 4.79 Å². The molecule has 0 atom stereocenters. The maximum atomic E-state index is 12.3. The van der Waals surface area contributed by atoms with Crippen molar-refractivity contribution in [3.8, 4) is 0 Å². The molecule has 1 heterocycles. The van der Waals surface area contributed by atoms with Crippen molar-refractivity contribution in [2.75, 3.05) is 7.05 Å². The van der Waals surface area contributed by atoms with Crippen molar-refractivity contribution in [3.05, 3.63) is 62.9 Å². The van der Waals surface area contributed by atoms with Gasteiger partial charge < -0.3 is 4.90 Å². The molecule has 0 aliphatic heterocycles. The fraction of sp³-hybridized carbons (Fsp3) is 0.143. The Hall–Kier alpha value is -1.29. The molecule has 1 aromatic carbocycles. The second kappa shape index (κ2) is 6.44. The SMILES string of the molecule is CN(Cc1cc(Cl)cc(Cl)c1)C(=O)c1ccncc1Cl. The molecule has 1 aromatic heterocycles. The van der Waals surface area contributed by atoms with Gasteiger partial charge in [-0.3, -0.25) is 9.78 Å². The minimum atomic E-state index is -0.187. The summed E-state index contributed by atoms with van der Waals surface area (Å²) in [5, 5.41) is 1.40. The molecule has 0 radical (unpaired) electrons. The van der Waals surface area contributed by atoms with Crippen LogP contribution in [0.4, 0.5) is 0 Å². The fourth-order valence-corrected chi connectivity index (χ4v) is 2.57. The minimum absolute atomic E-state index is 0.187. The lowest BCUT2D eigenvalue weighted by Gasteiger charge is -2.18. The largest absolute Gasteiger partial charge is 0.337 e. The summed E-state index contributed by atoms with van der Waals surface area (Å²) < 4.78 is 0. The van der Waals surface area contributed by atoms with Crippen molar-refractivity contribution in [1.82, 2.24) is 9.88 Å². The lowest BCUT2D eigenvalue weighted by Crippen LogP contribution is -2.26. The summed E-state index contributed by atoms with van der Waals surface area (Å²) in [6.45, 7) is 0.387. The average molecular weight is 330 g/mol. The number of carbonyl (C=O) groups excluding carboxylic acids is 1. The topological polar surface area (TPSA) is 33.2 Å². The van der Waals surface area contributed by atoms with Gasteiger partial charge in [0, 0.05) is 36.0 Å². The monoisotopic (exact) mass is 328 g/mol. The molecule has 0 unspecified atom stereocenters. The van der Waals surface area contributed by atoms with E-state index in [1.54, 1.807) is 36.2 Å². The second-order valence-electron chi connectivity index (χ2n) is 4.29. The van der Waals surface area contributed by atoms with Crippen molar-refractivity contribution < 1.29 is 4.79 Å². The summed E-state index contributed by atoms with van der Waals surface area (Å²) in [5.41, 5.74) is 1.26. The van der Waals surface area contributed by atoms with Crippen LogP contribution in [0.2, 0.25) is 15.1 Å². The van der Waals surface area contributed by atoms with Crippen molar-refractivity contribution in [2.24, 2.45) is 0 Å². The summed E-state index contributed by atoms with van der Waals surface area (Å²) in [6, 6.07) is 6.77. The van der Waals surface area contributed by atoms with Gasteiger partial charge >= 0.3 is 0 Å². The number of aromatic nitrogens is 1. The number of amides is 1. The first-order valence-electron chi connectivity index (χ1n) is 5.77. The minimum Gasteiger partial charge on any atom is -0.337 e. The molecule has 104 valence electrons. The summed E-state index contributed by atoms with van der Waals surface area (Å²) >= 11 is 17.8. The van der Waals surface area contributed by atoms with E-state index in [2.05, 4.69) is 4.98 Å². The molecule has 0 saturated carbocycles. The highest BCUT2D eigenvalue weighted by Gasteiger charge is 2.15. The van der Waals surface area contributed by atoms with Crippen molar-refractivity contribution in [3.63, 3.8) is 0 Å². The molecule has 2 aromatic rings. The molecule has 6 heteroatoms. The molecule has 3 nitrogen and oxygen atoms in total. The Balaban J connectivity index is 2.18. The quantitative estimate of drug-likeness (QED) is 0.840. The van der Waals surface area contributed by atoms with Crippen LogP contribution >= 0.6 is 34.8 Å². The van der Waals surface area contributed by atoms with E-state index < -0.39 is 0 Å². The van der Waals surface area contributed by atoms with Crippen molar-refractivity contribution >= 4 is 40.7 Å². The summed E-state index contributed by atoms with van der Waals surface area (Å²) in [6.07, 6.45) is 2.97. The first kappa shape index (κ1) is 15.1. The first-order chi connectivity index (χ1) is 9.47. The Morgan fingerprint density at radius 3 is 2.45 bits per heavy atom. The third-order valence-corrected chi connectivity index (χ3v) is 3.43. The predicted octanol–water partition coefficient (Wildman–Crippen LogP) is 4.31.